The average Bonchev–Trinajstić information content (AvgIpc) is 3.46. The molecule has 0 aromatic carbocycles. The molecule has 1 N–H and O–H groups in total. The molecule has 0 radical (unpaired) electrons. The van der Waals surface area contributed by atoms with Gasteiger partial charge in [-0.05, 0) is 41.6 Å². The van der Waals surface area contributed by atoms with Crippen LogP contribution in [0.5, 0.6) is 0 Å². The van der Waals surface area contributed by atoms with Crippen molar-refractivity contribution in [3.63, 3.8) is 0 Å². The molecule has 2 aromatic heterocycles. The zero-order chi connectivity index (χ0) is 21.8. The first-order valence-electron chi connectivity index (χ1n) is 9.74. The van der Waals surface area contributed by atoms with E-state index in [1.165, 1.54) is 6.26 Å². The van der Waals surface area contributed by atoms with E-state index >= 15 is 0 Å². The molecule has 2 fully saturated rings. The molecule has 2 aliphatic rings. The molecule has 2 saturated heterocycles. The highest BCUT2D eigenvalue weighted by Crippen LogP contribution is 2.31. The molecule has 4 rings (SSSR count). The van der Waals surface area contributed by atoms with E-state index in [1.54, 1.807) is 47.6 Å². The smallest absolute Gasteiger partial charge is 0.293 e. The quantitative estimate of drug-likeness (QED) is 0.654. The summed E-state index contributed by atoms with van der Waals surface area (Å²) in [5, 5.41) is 2.35. The number of carbonyl (C=O) groups excluding carboxylic acids is 4. The monoisotopic (exact) mass is 440 g/mol. The molecular formula is C21H20N4O5S. The molecule has 9 nitrogen and oxygen atoms in total. The third-order valence-electron chi connectivity index (χ3n) is 5.00. The summed E-state index contributed by atoms with van der Waals surface area (Å²) in [5.41, 5.74) is 0.728. The van der Waals surface area contributed by atoms with Gasteiger partial charge in [-0.3, -0.25) is 29.1 Å². The predicted octanol–water partition coefficient (Wildman–Crippen LogP) is 1.88. The second-order valence-electron chi connectivity index (χ2n) is 7.17. The Morgan fingerprint density at radius 3 is 2.90 bits per heavy atom. The van der Waals surface area contributed by atoms with Crippen molar-refractivity contribution < 1.29 is 23.6 Å². The third-order valence-corrected chi connectivity index (χ3v) is 5.91. The maximum Gasteiger partial charge on any atom is 0.293 e. The first-order valence-corrected chi connectivity index (χ1v) is 10.6. The van der Waals surface area contributed by atoms with Gasteiger partial charge in [-0.25, -0.2) is 0 Å². The summed E-state index contributed by atoms with van der Waals surface area (Å²) in [6, 6.07) is 7.06. The van der Waals surface area contributed by atoms with Crippen LogP contribution in [-0.4, -0.2) is 57.4 Å². The number of hydrogen-bond acceptors (Lipinski definition) is 7. The van der Waals surface area contributed by atoms with Crippen molar-refractivity contribution in [1.82, 2.24) is 20.1 Å². The first-order chi connectivity index (χ1) is 15.0. The van der Waals surface area contributed by atoms with Crippen LogP contribution in [0.3, 0.4) is 0 Å². The van der Waals surface area contributed by atoms with E-state index in [4.69, 9.17) is 4.42 Å². The van der Waals surface area contributed by atoms with Gasteiger partial charge in [0.1, 0.15) is 5.76 Å². The van der Waals surface area contributed by atoms with E-state index in [9.17, 15) is 19.2 Å². The second kappa shape index (κ2) is 9.17. The number of pyridine rings is 1. The summed E-state index contributed by atoms with van der Waals surface area (Å²) in [6.07, 6.45) is 6.51. The van der Waals surface area contributed by atoms with Gasteiger partial charge in [0.25, 0.3) is 11.1 Å². The third kappa shape index (κ3) is 4.85. The molecule has 4 amide bonds. The minimum atomic E-state index is -0.470. The standard InChI is InChI=1S/C21H20N4O5S/c26-18-10-15(12-24(18)13-16-4-2-8-30-16)19(27)23-6-7-25-20(28)17(31-21(25)29)9-14-3-1-5-22-11-14/h1-5,8-9,11,15H,6-7,10,12-13H2,(H,23,27)/b17-9-/t15-/m1/s1. The fraction of sp³-hybridized carbons (Fsp3) is 0.286. The number of aromatic nitrogens is 1. The molecule has 31 heavy (non-hydrogen) atoms. The number of hydrogen-bond donors (Lipinski definition) is 1. The molecule has 0 saturated carbocycles. The summed E-state index contributed by atoms with van der Waals surface area (Å²) in [4.78, 5) is 56.3. The number of amides is 4. The summed E-state index contributed by atoms with van der Waals surface area (Å²) in [6.45, 7) is 0.827. The number of rotatable bonds is 7. The van der Waals surface area contributed by atoms with E-state index in [-0.39, 0.29) is 36.6 Å². The highest BCUT2D eigenvalue weighted by Gasteiger charge is 2.36. The SMILES string of the molecule is O=C(NCCN1C(=O)S/C(=C\c2cccnc2)C1=O)[C@@H]1CC(=O)N(Cc2ccco2)C1. The highest BCUT2D eigenvalue weighted by molar-refractivity contribution is 8.18. The minimum absolute atomic E-state index is 0.0670. The zero-order valence-corrected chi connectivity index (χ0v) is 17.3. The molecule has 0 unspecified atom stereocenters. The number of nitrogens with zero attached hydrogens (tertiary/aromatic N) is 3. The Morgan fingerprint density at radius 1 is 1.29 bits per heavy atom. The van der Waals surface area contributed by atoms with Crippen molar-refractivity contribution in [2.45, 2.75) is 13.0 Å². The maximum absolute atomic E-state index is 12.5. The largest absolute Gasteiger partial charge is 0.467 e. The lowest BCUT2D eigenvalue weighted by molar-refractivity contribution is -0.129. The molecule has 4 heterocycles. The van der Waals surface area contributed by atoms with Gasteiger partial charge in [0.15, 0.2) is 0 Å². The van der Waals surface area contributed by atoms with Crippen LogP contribution >= 0.6 is 11.8 Å². The summed E-state index contributed by atoms with van der Waals surface area (Å²) in [7, 11) is 0. The number of thioether (sulfide) groups is 1. The number of furan rings is 1. The Morgan fingerprint density at radius 2 is 2.16 bits per heavy atom. The molecule has 0 spiro atoms. The Labute approximate surface area is 182 Å². The number of imide groups is 1. The van der Waals surface area contributed by atoms with Crippen molar-refractivity contribution in [3.8, 4) is 0 Å². The number of nitrogens with one attached hydrogen (secondary N) is 1. The van der Waals surface area contributed by atoms with E-state index in [0.717, 1.165) is 22.2 Å². The van der Waals surface area contributed by atoms with Gasteiger partial charge < -0.3 is 14.6 Å². The van der Waals surface area contributed by atoms with Crippen LogP contribution < -0.4 is 5.32 Å². The fourth-order valence-electron chi connectivity index (χ4n) is 3.43. The van der Waals surface area contributed by atoms with Crippen molar-refractivity contribution >= 4 is 40.8 Å². The predicted molar refractivity (Wildman–Crippen MR) is 112 cm³/mol. The van der Waals surface area contributed by atoms with Crippen LogP contribution in [0.15, 0.2) is 52.2 Å². The molecule has 10 heteroatoms. The van der Waals surface area contributed by atoms with E-state index < -0.39 is 11.8 Å². The van der Waals surface area contributed by atoms with Gasteiger partial charge in [0.2, 0.25) is 11.8 Å². The van der Waals surface area contributed by atoms with Crippen molar-refractivity contribution in [2.75, 3.05) is 19.6 Å². The normalized spacial score (nSPS) is 20.2. The van der Waals surface area contributed by atoms with E-state index in [2.05, 4.69) is 10.3 Å². The van der Waals surface area contributed by atoms with Crippen molar-refractivity contribution in [1.29, 1.82) is 0 Å². The first kappa shape index (κ1) is 20.9. The van der Waals surface area contributed by atoms with Gasteiger partial charge in [-0.2, -0.15) is 0 Å². The Hall–Kier alpha value is -3.40. The lowest BCUT2D eigenvalue weighted by Crippen LogP contribution is -2.40. The van der Waals surface area contributed by atoms with Crippen LogP contribution in [0.25, 0.3) is 6.08 Å². The topological polar surface area (TPSA) is 113 Å². The molecule has 0 aliphatic carbocycles. The van der Waals surface area contributed by atoms with Gasteiger partial charge in [-0.1, -0.05) is 6.07 Å². The van der Waals surface area contributed by atoms with Crippen molar-refractivity contribution in [2.24, 2.45) is 5.92 Å². The summed E-state index contributed by atoms with van der Waals surface area (Å²) in [5.74, 6) is -0.582. The van der Waals surface area contributed by atoms with E-state index in [0.29, 0.717) is 23.8 Å². The molecule has 1 atom stereocenters. The van der Waals surface area contributed by atoms with Crippen LogP contribution in [0.4, 0.5) is 4.79 Å². The van der Waals surface area contributed by atoms with Crippen LogP contribution in [0, 0.1) is 5.92 Å². The van der Waals surface area contributed by atoms with Crippen LogP contribution in [0.2, 0.25) is 0 Å². The molecule has 2 aliphatic heterocycles. The number of likely N-dealkylation sites (tertiary alicyclic amines) is 1. The average molecular weight is 440 g/mol. The van der Waals surface area contributed by atoms with E-state index in [1.807, 2.05) is 0 Å². The minimum Gasteiger partial charge on any atom is -0.467 e. The van der Waals surface area contributed by atoms with Gasteiger partial charge in [0, 0.05) is 38.4 Å². The Kier molecular flexibility index (Phi) is 6.17. The zero-order valence-electron chi connectivity index (χ0n) is 16.5. The van der Waals surface area contributed by atoms with Gasteiger partial charge in [-0.15, -0.1) is 0 Å². The molecule has 2 aromatic rings. The fourth-order valence-corrected chi connectivity index (χ4v) is 4.30. The summed E-state index contributed by atoms with van der Waals surface area (Å²) >= 11 is 0.861. The summed E-state index contributed by atoms with van der Waals surface area (Å²) < 4.78 is 5.25. The van der Waals surface area contributed by atoms with Crippen LogP contribution in [-0.2, 0) is 20.9 Å². The van der Waals surface area contributed by atoms with Gasteiger partial charge >= 0.3 is 0 Å². The molecular weight excluding hydrogens is 420 g/mol. The highest BCUT2D eigenvalue weighted by atomic mass is 32.2. The molecule has 0 bridgehead atoms. The lowest BCUT2D eigenvalue weighted by atomic mass is 10.1. The lowest BCUT2D eigenvalue weighted by Gasteiger charge is -2.16. The second-order valence-corrected chi connectivity index (χ2v) is 8.16. The Bertz CT molecular complexity index is 1020. The van der Waals surface area contributed by atoms with Crippen LogP contribution in [0.1, 0.15) is 17.7 Å². The van der Waals surface area contributed by atoms with Crippen molar-refractivity contribution in [3.05, 3.63) is 59.2 Å². The molecule has 160 valence electrons. The Balaban J connectivity index is 1.27. The van der Waals surface area contributed by atoms with Gasteiger partial charge in [0.05, 0.1) is 23.6 Å². The number of carbonyl (C=O) groups is 4. The maximum atomic E-state index is 12.5.